The van der Waals surface area contributed by atoms with Gasteiger partial charge in [0.15, 0.2) is 0 Å². The summed E-state index contributed by atoms with van der Waals surface area (Å²) < 4.78 is 4.23. The molecule has 2 nitrogen and oxygen atoms in total. The molecule has 1 rings (SSSR count). The molecule has 0 atom stereocenters. The predicted octanol–water partition coefficient (Wildman–Crippen LogP) is 3.26. The van der Waals surface area contributed by atoms with Crippen molar-refractivity contribution in [3.63, 3.8) is 0 Å². The van der Waals surface area contributed by atoms with E-state index in [1.165, 1.54) is 0 Å². The Morgan fingerprint density at radius 2 is 2.08 bits per heavy atom. The first kappa shape index (κ1) is 10.2. The second-order valence-electron chi connectivity index (χ2n) is 2.61. The molecule has 0 aliphatic carbocycles. The third-order valence-corrected chi connectivity index (χ3v) is 2.78. The Balaban J connectivity index is 3.27. The number of benzene rings is 1. The van der Waals surface area contributed by atoms with Crippen LogP contribution in [0.4, 0.5) is 5.69 Å². The average molecular weight is 314 g/mol. The van der Waals surface area contributed by atoms with Gasteiger partial charge < -0.3 is 0 Å². The Morgan fingerprint density at radius 3 is 2.67 bits per heavy atom. The van der Waals surface area contributed by atoms with E-state index < -0.39 is 0 Å². The zero-order chi connectivity index (χ0) is 9.14. The van der Waals surface area contributed by atoms with Crippen molar-refractivity contribution < 1.29 is 16.8 Å². The van der Waals surface area contributed by atoms with Crippen LogP contribution in [-0.2, 0) is 11.7 Å². The third-order valence-electron chi connectivity index (χ3n) is 1.56. The van der Waals surface area contributed by atoms with Crippen LogP contribution in [0.2, 0.25) is 0 Å². The number of aromatic hydroxyl groups is 1. The molecule has 0 aliphatic rings. The summed E-state index contributed by atoms with van der Waals surface area (Å²) in [6, 6.07) is 3.86. The summed E-state index contributed by atoms with van der Waals surface area (Å²) in [5.41, 5.74) is 2.76. The molecule has 12 heavy (non-hydrogen) atoms. The Morgan fingerprint density at radius 1 is 1.42 bits per heavy atom. The van der Waals surface area contributed by atoms with Gasteiger partial charge >= 0.3 is 89.6 Å². The van der Waals surface area contributed by atoms with Gasteiger partial charge in [-0.3, -0.25) is 0 Å². The summed E-state index contributed by atoms with van der Waals surface area (Å²) in [6.07, 6.45) is 0. The van der Waals surface area contributed by atoms with Crippen LogP contribution >= 0.6 is 20.3 Å². The normalized spacial score (nSPS) is 10.9. The fraction of sp³-hybridized carbons (Fsp3) is 0.250. The molecule has 1 N–H and O–H groups in total. The minimum atomic E-state index is 0.190. The van der Waals surface area contributed by atoms with Crippen LogP contribution in [0.1, 0.15) is 11.1 Å². The van der Waals surface area contributed by atoms with E-state index >= 15 is 0 Å². The molecule has 65 valence electrons. The first-order chi connectivity index (χ1) is 5.65. The zero-order valence-electron chi connectivity index (χ0n) is 6.84. The van der Waals surface area contributed by atoms with Gasteiger partial charge in [0.25, 0.3) is 0 Å². The van der Waals surface area contributed by atoms with E-state index in [-0.39, 0.29) is 11.7 Å². The monoisotopic (exact) mass is 314 g/mol. The molecule has 0 saturated carbocycles. The Labute approximate surface area is 89.2 Å². The van der Waals surface area contributed by atoms with Crippen molar-refractivity contribution in [2.45, 2.75) is 13.8 Å². The number of nitrogens with zero attached hydrogens (tertiary/aromatic N) is 1. The molecular formula is C8H9CrINO. The van der Waals surface area contributed by atoms with E-state index in [1.54, 1.807) is 0 Å². The molecule has 0 heterocycles. The molecule has 4 heteroatoms. The Kier molecular flexibility index (Phi) is 3.69. The van der Waals surface area contributed by atoms with Gasteiger partial charge in [-0.15, -0.1) is 0 Å². The fourth-order valence-electron chi connectivity index (χ4n) is 1.04. The van der Waals surface area contributed by atoms with Crippen molar-refractivity contribution in [1.29, 1.82) is 0 Å². The molecule has 0 radical (unpaired) electrons. The second kappa shape index (κ2) is 4.36. The van der Waals surface area contributed by atoms with Crippen LogP contribution in [0.3, 0.4) is 0 Å². The van der Waals surface area contributed by atoms with E-state index in [4.69, 9.17) is 0 Å². The standard InChI is InChI=1S/C8H9NO.Cr.HI/c1-5-3-6(2)8(10)7(9)4-5;;/h3-4,10H,1-2H3;;1H/q;+1;/p-1. The summed E-state index contributed by atoms with van der Waals surface area (Å²) in [7, 11) is 0. The van der Waals surface area contributed by atoms with Crippen LogP contribution in [0.25, 0.3) is 0 Å². The van der Waals surface area contributed by atoms with Crippen LogP contribution in [0, 0.1) is 13.8 Å². The van der Waals surface area contributed by atoms with Gasteiger partial charge in [0.05, 0.1) is 0 Å². The van der Waals surface area contributed by atoms with Crippen molar-refractivity contribution in [2.24, 2.45) is 3.93 Å². The Hall–Kier alpha value is 0.0825. The van der Waals surface area contributed by atoms with Gasteiger partial charge in [-0.25, -0.2) is 0 Å². The van der Waals surface area contributed by atoms with Gasteiger partial charge in [0.1, 0.15) is 0 Å². The molecule has 0 bridgehead atoms. The molecule has 1 aromatic rings. The summed E-state index contributed by atoms with van der Waals surface area (Å²) in [4.78, 5) is 0. The molecule has 0 aromatic heterocycles. The molecule has 0 fully saturated rings. The number of phenols is 1. The van der Waals surface area contributed by atoms with Gasteiger partial charge in [-0.05, 0) is 0 Å². The summed E-state index contributed by atoms with van der Waals surface area (Å²) in [5, 5.41) is 9.57. The van der Waals surface area contributed by atoms with E-state index in [2.05, 4.69) is 24.2 Å². The van der Waals surface area contributed by atoms with Crippen LogP contribution < -0.4 is 0 Å². The number of phenolic OH excluding ortho intramolecular Hbond substituents is 1. The summed E-state index contributed by atoms with van der Waals surface area (Å²) in [5.74, 6) is 0.319. The van der Waals surface area contributed by atoms with Crippen molar-refractivity contribution in [2.75, 3.05) is 0 Å². The zero-order valence-corrected chi connectivity index (χ0v) is 10.3. The second-order valence-corrected chi connectivity index (χ2v) is 4.73. The molecule has 0 amide bonds. The molecule has 0 aliphatic heterocycles. The van der Waals surface area contributed by atoms with Crippen LogP contribution in [0.5, 0.6) is 5.75 Å². The van der Waals surface area contributed by atoms with E-state index in [0.717, 1.165) is 16.8 Å². The predicted molar refractivity (Wildman–Crippen MR) is 53.7 cm³/mol. The van der Waals surface area contributed by atoms with E-state index in [9.17, 15) is 5.11 Å². The van der Waals surface area contributed by atoms with Crippen molar-refractivity contribution in [3.8, 4) is 5.75 Å². The Bertz CT molecular complexity index is 325. The van der Waals surface area contributed by atoms with Crippen LogP contribution in [0.15, 0.2) is 16.1 Å². The third kappa shape index (κ3) is 2.28. The SMILES string of the molecule is Cc1cc(C)c(O)c([N]=[Cr][I])c1. The number of rotatable bonds is 1. The van der Waals surface area contributed by atoms with Gasteiger partial charge in [-0.2, -0.15) is 0 Å². The number of halogens is 1. The summed E-state index contributed by atoms with van der Waals surface area (Å²) in [6.45, 7) is 3.90. The average Bonchev–Trinajstić information content (AvgIpc) is 2.00. The van der Waals surface area contributed by atoms with E-state index in [0.29, 0.717) is 5.75 Å². The minimum absolute atomic E-state index is 0.190. The maximum atomic E-state index is 9.57. The van der Waals surface area contributed by atoms with Gasteiger partial charge in [0.2, 0.25) is 0 Å². The van der Waals surface area contributed by atoms with Gasteiger partial charge in [0, 0.05) is 0 Å². The van der Waals surface area contributed by atoms with Gasteiger partial charge in [-0.1, -0.05) is 0 Å². The summed E-state index contributed by atoms with van der Waals surface area (Å²) >= 11 is 2.41. The molecule has 0 unspecified atom stereocenters. The molecule has 0 saturated heterocycles. The number of aryl methyl sites for hydroxylation is 2. The first-order valence-corrected chi connectivity index (χ1v) is 8.12. The maximum absolute atomic E-state index is 9.57. The van der Waals surface area contributed by atoms with Crippen LogP contribution in [-0.4, -0.2) is 5.11 Å². The van der Waals surface area contributed by atoms with E-state index in [1.807, 2.05) is 26.0 Å². The number of hydrogen-bond donors (Lipinski definition) is 1. The van der Waals surface area contributed by atoms with Crippen molar-refractivity contribution in [1.82, 2.24) is 0 Å². The van der Waals surface area contributed by atoms with Crippen molar-refractivity contribution >= 4 is 26.0 Å². The topological polar surface area (TPSA) is 32.6 Å². The van der Waals surface area contributed by atoms with Crippen molar-refractivity contribution in [3.05, 3.63) is 23.3 Å². The first-order valence-electron chi connectivity index (χ1n) is 3.44. The quantitative estimate of drug-likeness (QED) is 0.793. The molecule has 1 aromatic carbocycles. The number of hydrogen-bond acceptors (Lipinski definition) is 2. The molecular weight excluding hydrogens is 305 g/mol. The molecule has 0 spiro atoms. The fourth-order valence-corrected chi connectivity index (χ4v) is 2.25.